The molecule has 0 aliphatic heterocycles. The Morgan fingerprint density at radius 3 is 1.86 bits per heavy atom. The number of aromatic carboxylic acids is 1. The number of carboxylic acid groups (broad SMARTS) is 1. The number of oxazole rings is 2. The van der Waals surface area contributed by atoms with Gasteiger partial charge in [-0.25, -0.2) is 14.8 Å². The van der Waals surface area contributed by atoms with Gasteiger partial charge in [0.25, 0.3) is 0 Å². The maximum Gasteiger partial charge on any atom is 0.573 e. The second-order valence-corrected chi connectivity index (χ2v) is 11.1. The predicted octanol–water partition coefficient (Wildman–Crippen LogP) is 9.21. The van der Waals surface area contributed by atoms with Crippen LogP contribution in [-0.2, 0) is 22.7 Å². The third-order valence-corrected chi connectivity index (χ3v) is 7.41. The lowest BCUT2D eigenvalue weighted by molar-refractivity contribution is -0.275. The fraction of sp³-hybridized carbons (Fsp3) is 0.286. The standard InChI is InChI=1S/C35H30F6N2O8/c1-19-27(30-21(3)49-32(43-30)23-8-5-10-26(16-23)51-35(39,40)41)12-11-24(29(19)33(44)45)17-46-13-6-14-47-18-28-20(2)48-31(42-28)22-7-4-9-25(15-22)50-34(36,37)38/h4-5,7-12,15-16H,6,13-14,17-18H2,1-3H3,(H,44,45). The Morgan fingerprint density at radius 2 is 1.29 bits per heavy atom. The molecule has 2 heterocycles. The minimum absolute atomic E-state index is 0.0132. The zero-order valence-electron chi connectivity index (χ0n) is 27.3. The number of hydrogen-bond donors (Lipinski definition) is 1. The number of carboxylic acids is 1. The highest BCUT2D eigenvalue weighted by Crippen LogP contribution is 2.35. The van der Waals surface area contributed by atoms with Crippen LogP contribution in [0.4, 0.5) is 26.3 Å². The van der Waals surface area contributed by atoms with Crippen LogP contribution in [0.1, 0.15) is 45.1 Å². The first-order chi connectivity index (χ1) is 24.1. The van der Waals surface area contributed by atoms with Crippen LogP contribution in [0.5, 0.6) is 11.5 Å². The summed E-state index contributed by atoms with van der Waals surface area (Å²) in [6, 6.07) is 13.7. The molecule has 0 unspecified atom stereocenters. The first kappa shape index (κ1) is 36.9. The lowest BCUT2D eigenvalue weighted by Crippen LogP contribution is -2.17. The zero-order chi connectivity index (χ0) is 36.9. The molecule has 3 aromatic carbocycles. The van der Waals surface area contributed by atoms with Gasteiger partial charge in [0.2, 0.25) is 11.8 Å². The second-order valence-electron chi connectivity index (χ2n) is 11.1. The lowest BCUT2D eigenvalue weighted by atomic mass is 9.95. The number of rotatable bonds is 14. The van der Waals surface area contributed by atoms with Gasteiger partial charge in [-0.1, -0.05) is 24.3 Å². The van der Waals surface area contributed by atoms with Crippen molar-refractivity contribution in [2.45, 2.75) is 53.1 Å². The highest BCUT2D eigenvalue weighted by atomic mass is 19.4. The summed E-state index contributed by atoms with van der Waals surface area (Å²) >= 11 is 0. The Labute approximate surface area is 286 Å². The summed E-state index contributed by atoms with van der Waals surface area (Å²) in [5.41, 5.74) is 2.62. The third-order valence-electron chi connectivity index (χ3n) is 7.41. The minimum Gasteiger partial charge on any atom is -0.478 e. The molecule has 0 aliphatic rings. The summed E-state index contributed by atoms with van der Waals surface area (Å²) in [5, 5.41) is 10.0. The summed E-state index contributed by atoms with van der Waals surface area (Å²) in [4.78, 5) is 21.1. The Morgan fingerprint density at radius 1 is 0.745 bits per heavy atom. The highest BCUT2D eigenvalue weighted by Gasteiger charge is 2.32. The number of hydrogen-bond acceptors (Lipinski definition) is 9. The van der Waals surface area contributed by atoms with E-state index in [1.54, 1.807) is 32.9 Å². The number of nitrogens with zero attached hydrogens (tertiary/aromatic N) is 2. The number of aryl methyl sites for hydroxylation is 2. The van der Waals surface area contributed by atoms with Gasteiger partial charge in [0.05, 0.1) is 18.8 Å². The van der Waals surface area contributed by atoms with E-state index in [0.717, 1.165) is 12.1 Å². The van der Waals surface area contributed by atoms with Gasteiger partial charge in [0, 0.05) is 29.9 Å². The summed E-state index contributed by atoms with van der Waals surface area (Å²) in [5.74, 6) is -1.12. The number of ether oxygens (including phenoxy) is 4. The van der Waals surface area contributed by atoms with Gasteiger partial charge in [-0.05, 0) is 74.7 Å². The number of carbonyl (C=O) groups is 1. The van der Waals surface area contributed by atoms with Crippen LogP contribution in [-0.4, -0.2) is 47.0 Å². The third kappa shape index (κ3) is 9.67. The van der Waals surface area contributed by atoms with Gasteiger partial charge in [0.15, 0.2) is 0 Å². The monoisotopic (exact) mass is 720 g/mol. The van der Waals surface area contributed by atoms with Crippen molar-refractivity contribution in [2.24, 2.45) is 0 Å². The molecular formula is C35H30F6N2O8. The summed E-state index contributed by atoms with van der Waals surface area (Å²) in [6.07, 6.45) is -9.25. The molecule has 5 rings (SSSR count). The summed E-state index contributed by atoms with van der Waals surface area (Å²) < 4.78 is 106. The molecule has 0 radical (unpaired) electrons. The van der Waals surface area contributed by atoms with Crippen molar-refractivity contribution in [1.82, 2.24) is 9.97 Å². The van der Waals surface area contributed by atoms with Crippen molar-refractivity contribution in [3.05, 3.63) is 94.6 Å². The Bertz CT molecular complexity index is 2000. The first-order valence-corrected chi connectivity index (χ1v) is 15.3. The predicted molar refractivity (Wildman–Crippen MR) is 168 cm³/mol. The largest absolute Gasteiger partial charge is 0.573 e. The normalized spacial score (nSPS) is 11.9. The fourth-order valence-corrected chi connectivity index (χ4v) is 5.16. The molecule has 0 aliphatic carbocycles. The molecule has 10 nitrogen and oxygen atoms in total. The molecule has 5 aromatic rings. The molecule has 2 aromatic heterocycles. The molecule has 0 amide bonds. The van der Waals surface area contributed by atoms with E-state index in [9.17, 15) is 36.2 Å². The van der Waals surface area contributed by atoms with Crippen molar-refractivity contribution in [1.29, 1.82) is 0 Å². The van der Waals surface area contributed by atoms with E-state index in [1.807, 2.05) is 0 Å². The van der Waals surface area contributed by atoms with E-state index in [-0.39, 0.29) is 49.3 Å². The van der Waals surface area contributed by atoms with Gasteiger partial charge >= 0.3 is 18.7 Å². The zero-order valence-corrected chi connectivity index (χ0v) is 27.3. The molecule has 16 heteroatoms. The average Bonchev–Trinajstić information content (AvgIpc) is 3.61. The number of halogens is 6. The van der Waals surface area contributed by atoms with Crippen LogP contribution >= 0.6 is 0 Å². The van der Waals surface area contributed by atoms with Crippen LogP contribution < -0.4 is 9.47 Å². The molecule has 270 valence electrons. The van der Waals surface area contributed by atoms with Crippen molar-refractivity contribution in [3.63, 3.8) is 0 Å². The van der Waals surface area contributed by atoms with Crippen LogP contribution in [0.15, 0.2) is 69.5 Å². The topological polar surface area (TPSA) is 126 Å². The second kappa shape index (κ2) is 15.3. The fourth-order valence-electron chi connectivity index (χ4n) is 5.16. The quantitative estimate of drug-likeness (QED) is 0.0877. The van der Waals surface area contributed by atoms with E-state index in [1.165, 1.54) is 36.4 Å². The molecule has 0 saturated heterocycles. The Balaban J connectivity index is 1.16. The van der Waals surface area contributed by atoms with Gasteiger partial charge in [-0.3, -0.25) is 0 Å². The molecule has 0 saturated carbocycles. The van der Waals surface area contributed by atoms with Crippen LogP contribution in [0.25, 0.3) is 34.2 Å². The number of alkyl halides is 6. The van der Waals surface area contributed by atoms with Gasteiger partial charge in [0.1, 0.15) is 34.4 Å². The molecule has 0 fully saturated rings. The van der Waals surface area contributed by atoms with Crippen molar-refractivity contribution >= 4 is 5.97 Å². The van der Waals surface area contributed by atoms with Crippen LogP contribution in [0.2, 0.25) is 0 Å². The van der Waals surface area contributed by atoms with Crippen LogP contribution in [0.3, 0.4) is 0 Å². The molecule has 0 atom stereocenters. The molecule has 51 heavy (non-hydrogen) atoms. The van der Waals surface area contributed by atoms with E-state index in [4.69, 9.17) is 18.3 Å². The maximum atomic E-state index is 12.7. The SMILES string of the molecule is Cc1oc(-c2cccc(OC(F)(F)F)c2)nc1COCCCOCc1ccc(-c2nc(-c3cccc(OC(F)(F)F)c3)oc2C)c(C)c1C(=O)O. The van der Waals surface area contributed by atoms with Crippen molar-refractivity contribution in [3.8, 4) is 45.7 Å². The Hall–Kier alpha value is -5.35. The maximum absolute atomic E-state index is 12.7. The smallest absolute Gasteiger partial charge is 0.478 e. The average molecular weight is 721 g/mol. The lowest BCUT2D eigenvalue weighted by Gasteiger charge is -2.13. The van der Waals surface area contributed by atoms with Gasteiger partial charge in [-0.2, -0.15) is 0 Å². The van der Waals surface area contributed by atoms with Crippen molar-refractivity contribution < 1.29 is 64.0 Å². The Kier molecular flexibility index (Phi) is 11.1. The van der Waals surface area contributed by atoms with Gasteiger partial charge in [-0.15, -0.1) is 26.3 Å². The van der Waals surface area contributed by atoms with E-state index >= 15 is 0 Å². The molecule has 0 bridgehead atoms. The first-order valence-electron chi connectivity index (χ1n) is 15.3. The van der Waals surface area contributed by atoms with E-state index < -0.39 is 30.2 Å². The molecular weight excluding hydrogens is 690 g/mol. The van der Waals surface area contributed by atoms with Crippen LogP contribution in [0, 0.1) is 20.8 Å². The van der Waals surface area contributed by atoms with Crippen molar-refractivity contribution in [2.75, 3.05) is 13.2 Å². The molecule has 1 N–H and O–H groups in total. The molecule has 0 spiro atoms. The highest BCUT2D eigenvalue weighted by molar-refractivity contribution is 5.93. The van der Waals surface area contributed by atoms with E-state index in [2.05, 4.69) is 19.4 Å². The van der Waals surface area contributed by atoms with E-state index in [0.29, 0.717) is 51.6 Å². The minimum atomic E-state index is -4.87. The number of benzene rings is 3. The summed E-state index contributed by atoms with van der Waals surface area (Å²) in [7, 11) is 0. The number of aromatic nitrogens is 2. The summed E-state index contributed by atoms with van der Waals surface area (Å²) in [6.45, 7) is 5.44. The van der Waals surface area contributed by atoms with Gasteiger partial charge < -0.3 is 32.9 Å².